The molecule has 2 fully saturated rings. The molecule has 1 heterocycles. The molecule has 0 aromatic carbocycles. The van der Waals surface area contributed by atoms with Crippen LogP contribution in [-0.4, -0.2) is 23.5 Å². The Kier molecular flexibility index (Phi) is 6.87. The van der Waals surface area contributed by atoms with E-state index in [2.05, 4.69) is 11.8 Å². The topological polar surface area (TPSA) is 3.24 Å². The van der Waals surface area contributed by atoms with Gasteiger partial charge in [0.1, 0.15) is 0 Å². The van der Waals surface area contributed by atoms with Gasteiger partial charge in [-0.2, -0.15) is 0 Å². The molecule has 1 saturated carbocycles. The molecule has 1 nitrogen and oxygen atoms in total. The summed E-state index contributed by atoms with van der Waals surface area (Å²) < 4.78 is 0. The molecule has 2 aliphatic rings. The number of nitrogens with zero attached hydrogens (tertiary/aromatic N) is 1. The molecule has 1 aliphatic heterocycles. The molecule has 2 heteroatoms. The average Bonchev–Trinajstić information content (AvgIpc) is 2.38. The molecule has 17 heavy (non-hydrogen) atoms. The number of likely N-dealkylation sites (tertiary alicyclic amines) is 1. The molecule has 0 amide bonds. The van der Waals surface area contributed by atoms with Gasteiger partial charge in [-0.05, 0) is 45.2 Å². The van der Waals surface area contributed by atoms with Crippen molar-refractivity contribution in [3.8, 4) is 0 Å². The van der Waals surface area contributed by atoms with Crippen LogP contribution in [0.15, 0.2) is 0 Å². The molecule has 0 aromatic heterocycles. The maximum Gasteiger partial charge on any atom is 0.0209 e. The molecule has 0 radical (unpaired) electrons. The normalized spacial score (nSPS) is 25.2. The minimum absolute atomic E-state index is 0. The molecule has 2 rings (SSSR count). The van der Waals surface area contributed by atoms with E-state index < -0.39 is 0 Å². The van der Waals surface area contributed by atoms with E-state index in [-0.39, 0.29) is 12.4 Å². The van der Waals surface area contributed by atoms with Crippen molar-refractivity contribution in [2.45, 2.75) is 83.1 Å². The van der Waals surface area contributed by atoms with E-state index in [0.717, 1.165) is 0 Å². The maximum atomic E-state index is 2.88. The van der Waals surface area contributed by atoms with Gasteiger partial charge in [0.05, 0.1) is 0 Å². The molecule has 0 N–H and O–H groups in total. The lowest BCUT2D eigenvalue weighted by atomic mass is 9.76. The van der Waals surface area contributed by atoms with E-state index in [1.165, 1.54) is 83.7 Å². The van der Waals surface area contributed by atoms with Crippen LogP contribution >= 0.6 is 12.4 Å². The highest BCUT2D eigenvalue weighted by Gasteiger charge is 2.37. The highest BCUT2D eigenvalue weighted by atomic mass is 35.5. The number of unbranched alkanes of at least 4 members (excludes halogenated alkanes) is 1. The fourth-order valence-corrected chi connectivity index (χ4v) is 3.81. The van der Waals surface area contributed by atoms with Crippen molar-refractivity contribution in [3.63, 3.8) is 0 Å². The largest absolute Gasteiger partial charge is 0.298 e. The van der Waals surface area contributed by atoms with Gasteiger partial charge in [0.2, 0.25) is 0 Å². The third-order valence-electron chi connectivity index (χ3n) is 4.81. The van der Waals surface area contributed by atoms with Gasteiger partial charge in [-0.25, -0.2) is 0 Å². The van der Waals surface area contributed by atoms with Crippen molar-refractivity contribution in [2.75, 3.05) is 13.1 Å². The second-order valence-corrected chi connectivity index (χ2v) is 5.94. The van der Waals surface area contributed by atoms with Crippen molar-refractivity contribution >= 4 is 12.4 Å². The third kappa shape index (κ3) is 3.86. The van der Waals surface area contributed by atoms with Gasteiger partial charge in [-0.3, -0.25) is 4.90 Å². The Balaban J connectivity index is 0.00000144. The molecule has 102 valence electrons. The monoisotopic (exact) mass is 259 g/mol. The van der Waals surface area contributed by atoms with Crippen molar-refractivity contribution < 1.29 is 0 Å². The van der Waals surface area contributed by atoms with Crippen LogP contribution in [0.4, 0.5) is 0 Å². The Bertz CT molecular complexity index is 193. The van der Waals surface area contributed by atoms with Gasteiger partial charge in [-0.15, -0.1) is 12.4 Å². The molecule has 1 aliphatic carbocycles. The fraction of sp³-hybridized carbons (Fsp3) is 1.00. The van der Waals surface area contributed by atoms with Gasteiger partial charge >= 0.3 is 0 Å². The lowest BCUT2D eigenvalue weighted by molar-refractivity contribution is 0.0248. The predicted molar refractivity (Wildman–Crippen MR) is 78.0 cm³/mol. The van der Waals surface area contributed by atoms with Crippen LogP contribution < -0.4 is 0 Å². The summed E-state index contributed by atoms with van der Waals surface area (Å²) in [5, 5.41) is 0. The molecule has 0 bridgehead atoms. The Morgan fingerprint density at radius 2 is 1.47 bits per heavy atom. The summed E-state index contributed by atoms with van der Waals surface area (Å²) in [6, 6.07) is 0. The highest BCUT2D eigenvalue weighted by Crippen LogP contribution is 2.39. The number of halogens is 1. The Morgan fingerprint density at radius 1 is 0.882 bits per heavy atom. The van der Waals surface area contributed by atoms with E-state index in [0.29, 0.717) is 5.54 Å². The smallest absolute Gasteiger partial charge is 0.0209 e. The van der Waals surface area contributed by atoms with E-state index in [4.69, 9.17) is 0 Å². The van der Waals surface area contributed by atoms with Crippen molar-refractivity contribution in [3.05, 3.63) is 0 Å². The number of hydrogen-bond acceptors (Lipinski definition) is 1. The first kappa shape index (κ1) is 15.3. The minimum Gasteiger partial charge on any atom is -0.298 e. The van der Waals surface area contributed by atoms with E-state index in [1.807, 2.05) is 0 Å². The van der Waals surface area contributed by atoms with Gasteiger partial charge in [-0.1, -0.05) is 45.4 Å². The van der Waals surface area contributed by atoms with Gasteiger partial charge < -0.3 is 0 Å². The number of piperidine rings is 1. The molecule has 0 unspecified atom stereocenters. The fourth-order valence-electron chi connectivity index (χ4n) is 3.81. The molecule has 1 saturated heterocycles. The van der Waals surface area contributed by atoms with Gasteiger partial charge in [0.15, 0.2) is 0 Å². The highest BCUT2D eigenvalue weighted by molar-refractivity contribution is 5.85. The SMILES string of the molecule is CCCCC1(N2CCCCC2)CCCCC1.Cl. The first-order chi connectivity index (χ1) is 7.87. The Morgan fingerprint density at radius 3 is 2.06 bits per heavy atom. The summed E-state index contributed by atoms with van der Waals surface area (Å²) >= 11 is 0. The summed E-state index contributed by atoms with van der Waals surface area (Å²) in [7, 11) is 0. The standard InChI is InChI=1S/C15H29N.ClH/c1-2-3-10-15(11-6-4-7-12-15)16-13-8-5-9-14-16;/h2-14H2,1H3;1H. The Hall–Kier alpha value is 0.250. The van der Waals surface area contributed by atoms with Crippen molar-refractivity contribution in [2.24, 2.45) is 0 Å². The summed E-state index contributed by atoms with van der Waals surface area (Å²) in [5.74, 6) is 0. The molecular formula is C15H30ClN. The first-order valence-electron chi connectivity index (χ1n) is 7.62. The summed E-state index contributed by atoms with van der Waals surface area (Å²) in [5.41, 5.74) is 0.634. The number of rotatable bonds is 4. The third-order valence-corrected chi connectivity index (χ3v) is 4.81. The summed E-state index contributed by atoms with van der Waals surface area (Å²) in [4.78, 5) is 2.88. The molecule has 0 atom stereocenters. The second-order valence-electron chi connectivity index (χ2n) is 5.94. The Labute approximate surface area is 114 Å². The van der Waals surface area contributed by atoms with Crippen LogP contribution in [0.1, 0.15) is 77.6 Å². The van der Waals surface area contributed by atoms with Crippen LogP contribution in [-0.2, 0) is 0 Å². The predicted octanol–water partition coefficient (Wildman–Crippen LogP) is 4.79. The van der Waals surface area contributed by atoms with E-state index in [1.54, 1.807) is 0 Å². The zero-order chi connectivity index (χ0) is 11.3. The quantitative estimate of drug-likeness (QED) is 0.702. The molecule has 0 spiro atoms. The zero-order valence-electron chi connectivity index (χ0n) is 11.5. The van der Waals surface area contributed by atoms with Crippen molar-refractivity contribution in [1.82, 2.24) is 4.90 Å². The number of hydrogen-bond donors (Lipinski definition) is 0. The average molecular weight is 260 g/mol. The van der Waals surface area contributed by atoms with Crippen LogP contribution in [0.3, 0.4) is 0 Å². The van der Waals surface area contributed by atoms with Gasteiger partial charge in [0, 0.05) is 5.54 Å². The van der Waals surface area contributed by atoms with Crippen LogP contribution in [0.25, 0.3) is 0 Å². The van der Waals surface area contributed by atoms with Crippen LogP contribution in [0.5, 0.6) is 0 Å². The molecular weight excluding hydrogens is 230 g/mol. The lowest BCUT2D eigenvalue weighted by Gasteiger charge is -2.48. The summed E-state index contributed by atoms with van der Waals surface area (Å²) in [6.07, 6.45) is 16.1. The maximum absolute atomic E-state index is 2.88. The first-order valence-corrected chi connectivity index (χ1v) is 7.62. The van der Waals surface area contributed by atoms with Gasteiger partial charge in [0.25, 0.3) is 0 Å². The van der Waals surface area contributed by atoms with E-state index in [9.17, 15) is 0 Å². The minimum atomic E-state index is 0. The zero-order valence-corrected chi connectivity index (χ0v) is 12.4. The second kappa shape index (κ2) is 7.63. The molecule has 0 aromatic rings. The lowest BCUT2D eigenvalue weighted by Crippen LogP contribution is -2.52. The van der Waals surface area contributed by atoms with Crippen molar-refractivity contribution in [1.29, 1.82) is 0 Å². The van der Waals surface area contributed by atoms with E-state index >= 15 is 0 Å². The van der Waals surface area contributed by atoms with Crippen LogP contribution in [0.2, 0.25) is 0 Å². The van der Waals surface area contributed by atoms with Crippen LogP contribution in [0, 0.1) is 0 Å². The summed E-state index contributed by atoms with van der Waals surface area (Å²) in [6.45, 7) is 5.13.